The topological polar surface area (TPSA) is 64.4 Å². The molecule has 116 valence electrons. The second-order valence-corrected chi connectivity index (χ2v) is 5.74. The Labute approximate surface area is 125 Å². The van der Waals surface area contributed by atoms with Gasteiger partial charge in [0.05, 0.1) is 31.2 Å². The van der Waals surface area contributed by atoms with E-state index in [1.54, 1.807) is 22.8 Å². The van der Waals surface area contributed by atoms with Crippen molar-refractivity contribution in [1.82, 2.24) is 14.7 Å². The van der Waals surface area contributed by atoms with Gasteiger partial charge in [0.1, 0.15) is 0 Å². The summed E-state index contributed by atoms with van der Waals surface area (Å²) in [4.78, 5) is 26.2. The summed E-state index contributed by atoms with van der Waals surface area (Å²) in [5.41, 5.74) is 0.987. The van der Waals surface area contributed by atoms with Crippen molar-refractivity contribution in [2.45, 2.75) is 32.2 Å². The number of amides is 1. The number of rotatable bonds is 4. The van der Waals surface area contributed by atoms with Crippen molar-refractivity contribution < 1.29 is 14.3 Å². The molecule has 2 rings (SSSR count). The molecule has 1 saturated carbocycles. The van der Waals surface area contributed by atoms with E-state index < -0.39 is 0 Å². The Morgan fingerprint density at radius 3 is 2.67 bits per heavy atom. The summed E-state index contributed by atoms with van der Waals surface area (Å²) >= 11 is 0. The first-order chi connectivity index (χ1) is 9.95. The highest BCUT2D eigenvalue weighted by Crippen LogP contribution is 2.35. The Morgan fingerprint density at radius 1 is 1.43 bits per heavy atom. The molecule has 1 aliphatic carbocycles. The van der Waals surface area contributed by atoms with Crippen LogP contribution >= 0.6 is 0 Å². The van der Waals surface area contributed by atoms with Crippen LogP contribution in [0.15, 0.2) is 12.4 Å². The Balaban J connectivity index is 2.09. The molecule has 6 heteroatoms. The third kappa shape index (κ3) is 3.09. The van der Waals surface area contributed by atoms with Crippen LogP contribution in [-0.4, -0.2) is 40.7 Å². The number of hydrogen-bond acceptors (Lipinski definition) is 4. The average molecular weight is 293 g/mol. The number of aryl methyl sites for hydroxylation is 1. The Hall–Kier alpha value is -1.85. The van der Waals surface area contributed by atoms with Crippen molar-refractivity contribution in [1.29, 1.82) is 0 Å². The largest absolute Gasteiger partial charge is 0.469 e. The molecule has 1 aliphatic rings. The van der Waals surface area contributed by atoms with Crippen LogP contribution in [0.4, 0.5) is 0 Å². The molecule has 1 aromatic heterocycles. The fourth-order valence-corrected chi connectivity index (χ4v) is 3.02. The minimum Gasteiger partial charge on any atom is -0.469 e. The number of methoxy groups -OCH3 is 1. The van der Waals surface area contributed by atoms with Gasteiger partial charge in [-0.25, -0.2) is 0 Å². The van der Waals surface area contributed by atoms with E-state index in [-0.39, 0.29) is 29.8 Å². The summed E-state index contributed by atoms with van der Waals surface area (Å²) in [6.07, 6.45) is 6.05. The van der Waals surface area contributed by atoms with Crippen LogP contribution in [0.25, 0.3) is 0 Å². The second kappa shape index (κ2) is 6.28. The summed E-state index contributed by atoms with van der Waals surface area (Å²) < 4.78 is 6.54. The summed E-state index contributed by atoms with van der Waals surface area (Å²) in [7, 11) is 5.01. The van der Waals surface area contributed by atoms with Gasteiger partial charge in [0.15, 0.2) is 0 Å². The van der Waals surface area contributed by atoms with E-state index in [4.69, 9.17) is 4.74 Å². The molecule has 6 nitrogen and oxygen atoms in total. The van der Waals surface area contributed by atoms with Gasteiger partial charge in [-0.2, -0.15) is 5.10 Å². The molecule has 1 aromatic rings. The lowest BCUT2D eigenvalue weighted by Crippen LogP contribution is -2.38. The zero-order valence-electron chi connectivity index (χ0n) is 13.1. The zero-order valence-corrected chi connectivity index (χ0v) is 13.1. The minimum absolute atomic E-state index is 0.0132. The first-order valence-electron chi connectivity index (χ1n) is 7.28. The van der Waals surface area contributed by atoms with Crippen LogP contribution in [0, 0.1) is 11.8 Å². The highest BCUT2D eigenvalue weighted by Gasteiger charge is 2.40. The third-order valence-corrected chi connectivity index (χ3v) is 4.47. The van der Waals surface area contributed by atoms with Crippen LogP contribution in [0.3, 0.4) is 0 Å². The fraction of sp³-hybridized carbons (Fsp3) is 0.667. The Kier molecular flexibility index (Phi) is 4.65. The molecule has 0 radical (unpaired) electrons. The maximum Gasteiger partial charge on any atom is 0.309 e. The van der Waals surface area contributed by atoms with E-state index in [1.807, 2.05) is 20.2 Å². The zero-order chi connectivity index (χ0) is 15.6. The number of carbonyl (C=O) groups is 2. The molecule has 0 N–H and O–H groups in total. The first-order valence-corrected chi connectivity index (χ1v) is 7.28. The number of hydrogen-bond donors (Lipinski definition) is 0. The van der Waals surface area contributed by atoms with E-state index in [0.29, 0.717) is 0 Å². The van der Waals surface area contributed by atoms with Gasteiger partial charge in [0.2, 0.25) is 5.91 Å². The van der Waals surface area contributed by atoms with E-state index >= 15 is 0 Å². The van der Waals surface area contributed by atoms with Crippen LogP contribution in [0.1, 0.15) is 37.8 Å². The summed E-state index contributed by atoms with van der Waals surface area (Å²) in [6.45, 7) is 1.97. The van der Waals surface area contributed by atoms with Crippen molar-refractivity contribution in [3.63, 3.8) is 0 Å². The molecule has 0 spiro atoms. The van der Waals surface area contributed by atoms with Gasteiger partial charge in [-0.05, 0) is 19.8 Å². The number of carbonyl (C=O) groups excluding carboxylic acids is 2. The predicted molar refractivity (Wildman–Crippen MR) is 77.2 cm³/mol. The number of aromatic nitrogens is 2. The van der Waals surface area contributed by atoms with Crippen molar-refractivity contribution in [2.75, 3.05) is 14.2 Å². The van der Waals surface area contributed by atoms with Crippen LogP contribution < -0.4 is 0 Å². The highest BCUT2D eigenvalue weighted by molar-refractivity contribution is 5.86. The maximum atomic E-state index is 12.7. The van der Waals surface area contributed by atoms with E-state index in [0.717, 1.165) is 24.8 Å². The molecule has 1 fully saturated rings. The van der Waals surface area contributed by atoms with Crippen LogP contribution in [-0.2, 0) is 21.4 Å². The number of ether oxygens (including phenoxy) is 1. The van der Waals surface area contributed by atoms with Crippen molar-refractivity contribution in [3.05, 3.63) is 18.0 Å². The lowest BCUT2D eigenvalue weighted by Gasteiger charge is -2.28. The van der Waals surface area contributed by atoms with Crippen molar-refractivity contribution in [2.24, 2.45) is 18.9 Å². The van der Waals surface area contributed by atoms with Crippen molar-refractivity contribution in [3.8, 4) is 0 Å². The van der Waals surface area contributed by atoms with Gasteiger partial charge in [-0.15, -0.1) is 0 Å². The molecule has 0 bridgehead atoms. The molecule has 0 aromatic carbocycles. The Bertz CT molecular complexity index is 526. The van der Waals surface area contributed by atoms with Crippen LogP contribution in [0.2, 0.25) is 0 Å². The monoisotopic (exact) mass is 293 g/mol. The molecular formula is C15H23N3O3. The lowest BCUT2D eigenvalue weighted by molar-refractivity contribution is -0.151. The third-order valence-electron chi connectivity index (χ3n) is 4.47. The number of nitrogens with zero attached hydrogens (tertiary/aromatic N) is 3. The minimum atomic E-state index is -0.300. The normalized spacial score (nSPS) is 22.9. The van der Waals surface area contributed by atoms with Gasteiger partial charge in [0.25, 0.3) is 0 Å². The Morgan fingerprint density at radius 2 is 2.10 bits per heavy atom. The molecular weight excluding hydrogens is 270 g/mol. The van der Waals surface area contributed by atoms with E-state index in [2.05, 4.69) is 5.10 Å². The average Bonchev–Trinajstić information content (AvgIpc) is 3.12. The van der Waals surface area contributed by atoms with E-state index in [9.17, 15) is 9.59 Å². The quantitative estimate of drug-likeness (QED) is 0.790. The standard InChI is InChI=1S/C15H23N3O3/c1-10(11-8-16-17(2)9-11)18(3)14(19)12-6-5-7-13(12)15(20)21-4/h8-10,12-13H,5-7H2,1-4H3/t10-,12+,13+/m0/s1. The molecule has 0 saturated heterocycles. The van der Waals surface area contributed by atoms with E-state index in [1.165, 1.54) is 7.11 Å². The van der Waals surface area contributed by atoms with Gasteiger partial charge < -0.3 is 9.64 Å². The molecule has 0 unspecified atom stereocenters. The second-order valence-electron chi connectivity index (χ2n) is 5.74. The van der Waals surface area contributed by atoms with Gasteiger partial charge in [-0.1, -0.05) is 6.42 Å². The lowest BCUT2D eigenvalue weighted by atomic mass is 9.94. The van der Waals surface area contributed by atoms with Gasteiger partial charge in [-0.3, -0.25) is 14.3 Å². The SMILES string of the molecule is COC(=O)[C@@H]1CCC[C@H]1C(=O)N(C)[C@@H](C)c1cnn(C)c1. The molecule has 0 aliphatic heterocycles. The number of esters is 1. The summed E-state index contributed by atoms with van der Waals surface area (Å²) in [6, 6.07) is -0.0647. The fourth-order valence-electron chi connectivity index (χ4n) is 3.02. The summed E-state index contributed by atoms with van der Waals surface area (Å²) in [5, 5.41) is 4.14. The summed E-state index contributed by atoms with van der Waals surface area (Å²) in [5.74, 6) is -0.819. The molecule has 1 amide bonds. The maximum absolute atomic E-state index is 12.7. The van der Waals surface area contributed by atoms with Gasteiger partial charge in [0, 0.05) is 25.9 Å². The molecule has 1 heterocycles. The molecule has 21 heavy (non-hydrogen) atoms. The smallest absolute Gasteiger partial charge is 0.309 e. The molecule has 3 atom stereocenters. The van der Waals surface area contributed by atoms with Crippen molar-refractivity contribution >= 4 is 11.9 Å². The first kappa shape index (κ1) is 15.5. The predicted octanol–water partition coefficient (Wildman–Crippen LogP) is 1.53. The van der Waals surface area contributed by atoms with Gasteiger partial charge >= 0.3 is 5.97 Å². The highest BCUT2D eigenvalue weighted by atomic mass is 16.5. The van der Waals surface area contributed by atoms with Crippen LogP contribution in [0.5, 0.6) is 0 Å².